The maximum atomic E-state index is 11.9. The van der Waals surface area contributed by atoms with E-state index in [1.165, 1.54) is 0 Å². The molecule has 0 N–H and O–H groups in total. The molecule has 0 saturated heterocycles. The Morgan fingerprint density at radius 1 is 0.815 bits per heavy atom. The number of hydrogen-bond acceptors (Lipinski definition) is 5. The molecule has 27 heavy (non-hydrogen) atoms. The van der Waals surface area contributed by atoms with Crippen LogP contribution in [0.25, 0.3) is 11.1 Å². The molecule has 0 unspecified atom stereocenters. The van der Waals surface area contributed by atoms with E-state index in [9.17, 15) is 9.59 Å². The highest BCUT2D eigenvalue weighted by atomic mass is 16.7. The number of esters is 1. The zero-order valence-electron chi connectivity index (χ0n) is 15.3. The predicted molar refractivity (Wildman–Crippen MR) is 103 cm³/mol. The van der Waals surface area contributed by atoms with E-state index in [0.717, 1.165) is 42.9 Å². The molecule has 0 aromatic heterocycles. The van der Waals surface area contributed by atoms with Gasteiger partial charge in [-0.3, -0.25) is 0 Å². The number of para-hydroxylation sites is 1. The van der Waals surface area contributed by atoms with Crippen LogP contribution in [0.5, 0.6) is 5.75 Å². The van der Waals surface area contributed by atoms with Crippen molar-refractivity contribution in [2.24, 2.45) is 0 Å². The third-order valence-electron chi connectivity index (χ3n) is 3.83. The van der Waals surface area contributed by atoms with Gasteiger partial charge in [-0.25, -0.2) is 9.59 Å². The minimum absolute atomic E-state index is 0.290. The van der Waals surface area contributed by atoms with Crippen molar-refractivity contribution in [1.29, 1.82) is 0 Å². The SMILES string of the molecule is C=CC(=O)OCCCCCCOC(=O)Oc1ccccc1-c1ccccc1. The highest BCUT2D eigenvalue weighted by molar-refractivity contribution is 5.81. The summed E-state index contributed by atoms with van der Waals surface area (Å²) in [5.74, 6) is 0.0644. The van der Waals surface area contributed by atoms with Gasteiger partial charge in [0.1, 0.15) is 5.75 Å². The fourth-order valence-corrected chi connectivity index (χ4v) is 2.48. The standard InChI is InChI=1S/C22H24O5/c1-2-21(23)25-16-10-3-4-11-17-26-22(24)27-20-15-9-8-14-19(20)18-12-6-5-7-13-18/h2,5-9,12-15H,1,3-4,10-11,16-17H2. The molecule has 0 bridgehead atoms. The lowest BCUT2D eigenvalue weighted by Crippen LogP contribution is -2.12. The molecule has 5 nitrogen and oxygen atoms in total. The summed E-state index contributed by atoms with van der Waals surface area (Å²) in [4.78, 5) is 22.8. The Hall–Kier alpha value is -3.08. The fourth-order valence-electron chi connectivity index (χ4n) is 2.48. The normalized spacial score (nSPS) is 10.1. The van der Waals surface area contributed by atoms with Gasteiger partial charge in [-0.1, -0.05) is 55.1 Å². The molecule has 2 aromatic carbocycles. The average molecular weight is 368 g/mol. The van der Waals surface area contributed by atoms with Crippen molar-refractivity contribution in [2.75, 3.05) is 13.2 Å². The summed E-state index contributed by atoms with van der Waals surface area (Å²) in [6, 6.07) is 17.1. The summed E-state index contributed by atoms with van der Waals surface area (Å²) in [5, 5.41) is 0. The first-order valence-electron chi connectivity index (χ1n) is 8.99. The van der Waals surface area contributed by atoms with Gasteiger partial charge in [0.15, 0.2) is 0 Å². The van der Waals surface area contributed by atoms with E-state index in [0.29, 0.717) is 19.0 Å². The zero-order valence-corrected chi connectivity index (χ0v) is 15.3. The molecule has 142 valence electrons. The summed E-state index contributed by atoms with van der Waals surface area (Å²) in [6.07, 6.45) is 3.70. The van der Waals surface area contributed by atoms with Gasteiger partial charge in [-0.2, -0.15) is 0 Å². The molecular weight excluding hydrogens is 344 g/mol. The maximum absolute atomic E-state index is 11.9. The highest BCUT2D eigenvalue weighted by Gasteiger charge is 2.11. The molecule has 0 aliphatic heterocycles. The molecule has 0 saturated carbocycles. The van der Waals surface area contributed by atoms with Gasteiger partial charge in [-0.15, -0.1) is 0 Å². The molecular formula is C22H24O5. The average Bonchev–Trinajstić information content (AvgIpc) is 2.70. The fraction of sp³-hybridized carbons (Fsp3) is 0.273. The zero-order chi connectivity index (χ0) is 19.3. The molecule has 0 radical (unpaired) electrons. The largest absolute Gasteiger partial charge is 0.513 e. The number of benzene rings is 2. The van der Waals surface area contributed by atoms with E-state index in [1.54, 1.807) is 6.07 Å². The Morgan fingerprint density at radius 3 is 2.15 bits per heavy atom. The van der Waals surface area contributed by atoms with Crippen molar-refractivity contribution in [2.45, 2.75) is 25.7 Å². The third kappa shape index (κ3) is 7.36. The van der Waals surface area contributed by atoms with Crippen LogP contribution in [0.2, 0.25) is 0 Å². The van der Waals surface area contributed by atoms with Crippen molar-refractivity contribution in [3.8, 4) is 16.9 Å². The lowest BCUT2D eigenvalue weighted by molar-refractivity contribution is -0.137. The Morgan fingerprint density at radius 2 is 1.44 bits per heavy atom. The van der Waals surface area contributed by atoms with Gasteiger partial charge in [0.05, 0.1) is 13.2 Å². The Bertz CT molecular complexity index is 739. The molecule has 0 aliphatic carbocycles. The minimum Gasteiger partial charge on any atom is -0.463 e. The summed E-state index contributed by atoms with van der Waals surface area (Å²) < 4.78 is 15.4. The lowest BCUT2D eigenvalue weighted by atomic mass is 10.1. The first-order chi connectivity index (χ1) is 13.2. The number of carbonyl (C=O) groups excluding carboxylic acids is 2. The van der Waals surface area contributed by atoms with E-state index in [2.05, 4.69) is 6.58 Å². The van der Waals surface area contributed by atoms with E-state index in [-0.39, 0.29) is 0 Å². The molecule has 0 aliphatic rings. The van der Waals surface area contributed by atoms with Gasteiger partial charge < -0.3 is 14.2 Å². The van der Waals surface area contributed by atoms with Gasteiger partial charge in [0.2, 0.25) is 0 Å². The van der Waals surface area contributed by atoms with Crippen LogP contribution in [0.4, 0.5) is 4.79 Å². The maximum Gasteiger partial charge on any atom is 0.513 e. The van der Waals surface area contributed by atoms with Gasteiger partial charge in [0, 0.05) is 11.6 Å². The number of rotatable bonds is 10. The Labute approximate surface area is 159 Å². The predicted octanol–water partition coefficient (Wildman–Crippen LogP) is 5.16. The van der Waals surface area contributed by atoms with Crippen LogP contribution < -0.4 is 4.74 Å². The van der Waals surface area contributed by atoms with Crippen molar-refractivity contribution < 1.29 is 23.8 Å². The van der Waals surface area contributed by atoms with E-state index < -0.39 is 12.1 Å². The molecule has 5 heteroatoms. The summed E-state index contributed by atoms with van der Waals surface area (Å²) >= 11 is 0. The topological polar surface area (TPSA) is 61.8 Å². The van der Waals surface area contributed by atoms with Gasteiger partial charge in [0.25, 0.3) is 0 Å². The van der Waals surface area contributed by atoms with E-state index in [4.69, 9.17) is 14.2 Å². The van der Waals surface area contributed by atoms with Crippen LogP contribution in [0.3, 0.4) is 0 Å². The molecule has 0 heterocycles. The smallest absolute Gasteiger partial charge is 0.463 e. The first-order valence-corrected chi connectivity index (χ1v) is 8.99. The van der Waals surface area contributed by atoms with Crippen LogP contribution >= 0.6 is 0 Å². The van der Waals surface area contributed by atoms with Gasteiger partial charge in [-0.05, 0) is 37.3 Å². The number of ether oxygens (including phenoxy) is 3. The second-order valence-electron chi connectivity index (χ2n) is 5.85. The molecule has 0 amide bonds. The molecule has 0 spiro atoms. The second-order valence-corrected chi connectivity index (χ2v) is 5.85. The molecule has 2 rings (SSSR count). The molecule has 2 aromatic rings. The third-order valence-corrected chi connectivity index (χ3v) is 3.83. The summed E-state index contributed by atoms with van der Waals surface area (Å²) in [6.45, 7) is 4.00. The van der Waals surface area contributed by atoms with Crippen LogP contribution in [0.15, 0.2) is 67.3 Å². The van der Waals surface area contributed by atoms with Crippen LogP contribution in [-0.2, 0) is 14.3 Å². The number of carbonyl (C=O) groups is 2. The number of unbranched alkanes of at least 4 members (excludes halogenated alkanes) is 3. The van der Waals surface area contributed by atoms with E-state index >= 15 is 0 Å². The van der Waals surface area contributed by atoms with Crippen LogP contribution in [0, 0.1) is 0 Å². The lowest BCUT2D eigenvalue weighted by Gasteiger charge is -2.10. The van der Waals surface area contributed by atoms with Crippen LogP contribution in [0.1, 0.15) is 25.7 Å². The van der Waals surface area contributed by atoms with E-state index in [1.807, 2.05) is 48.5 Å². The van der Waals surface area contributed by atoms with Gasteiger partial charge >= 0.3 is 12.1 Å². The van der Waals surface area contributed by atoms with Crippen molar-refractivity contribution in [1.82, 2.24) is 0 Å². The Kier molecular flexibility index (Phi) is 8.63. The first kappa shape index (κ1) is 20.2. The highest BCUT2D eigenvalue weighted by Crippen LogP contribution is 2.29. The van der Waals surface area contributed by atoms with Crippen molar-refractivity contribution >= 4 is 12.1 Å². The summed E-state index contributed by atoms with van der Waals surface area (Å²) in [7, 11) is 0. The Balaban J connectivity index is 1.68. The van der Waals surface area contributed by atoms with Crippen molar-refractivity contribution in [3.05, 3.63) is 67.3 Å². The summed E-state index contributed by atoms with van der Waals surface area (Å²) in [5.41, 5.74) is 1.81. The number of hydrogen-bond donors (Lipinski definition) is 0. The monoisotopic (exact) mass is 368 g/mol. The molecule has 0 atom stereocenters. The van der Waals surface area contributed by atoms with Crippen molar-refractivity contribution in [3.63, 3.8) is 0 Å². The second kappa shape index (κ2) is 11.5. The molecule has 0 fully saturated rings. The van der Waals surface area contributed by atoms with Crippen LogP contribution in [-0.4, -0.2) is 25.3 Å². The minimum atomic E-state index is -0.710. The quantitative estimate of drug-likeness (QED) is 0.251.